The van der Waals surface area contributed by atoms with Gasteiger partial charge in [-0.2, -0.15) is 0 Å². The maximum absolute atomic E-state index is 9.68. The molecule has 0 bridgehead atoms. The number of aliphatic hydroxyl groups excluding tert-OH is 1. The minimum atomic E-state index is -0.250. The fourth-order valence-electron chi connectivity index (χ4n) is 1.30. The van der Waals surface area contributed by atoms with Crippen molar-refractivity contribution in [3.63, 3.8) is 0 Å². The third-order valence-corrected chi connectivity index (χ3v) is 2.25. The van der Waals surface area contributed by atoms with E-state index in [9.17, 15) is 5.11 Å². The molecule has 2 heteroatoms. The molecule has 0 amide bonds. The van der Waals surface area contributed by atoms with Crippen LogP contribution in [0, 0.1) is 17.8 Å². The molecule has 3 N–H and O–H groups in total. The lowest BCUT2D eigenvalue weighted by molar-refractivity contribution is 0.0468. The highest BCUT2D eigenvalue weighted by Crippen LogP contribution is 2.19. The summed E-state index contributed by atoms with van der Waals surface area (Å²) in [5.41, 5.74) is 5.55. The van der Waals surface area contributed by atoms with Crippen LogP contribution in [0.3, 0.4) is 0 Å². The molecule has 11 heavy (non-hydrogen) atoms. The van der Waals surface area contributed by atoms with Crippen LogP contribution in [0.15, 0.2) is 0 Å². The van der Waals surface area contributed by atoms with Gasteiger partial charge in [0.2, 0.25) is 0 Å². The maximum atomic E-state index is 9.68. The quantitative estimate of drug-likeness (QED) is 0.648. The minimum Gasteiger partial charge on any atom is -0.393 e. The fraction of sp³-hybridized carbons (Fsp3) is 1.00. The summed E-state index contributed by atoms with van der Waals surface area (Å²) in [5.74, 6) is 1.03. The molecule has 0 saturated carbocycles. The van der Waals surface area contributed by atoms with Gasteiger partial charge >= 0.3 is 0 Å². The molecule has 0 spiro atoms. The highest BCUT2D eigenvalue weighted by molar-refractivity contribution is 4.74. The SMILES string of the molecule is CC(C)C(O)C(CN)C(C)C. The van der Waals surface area contributed by atoms with Gasteiger partial charge in [0, 0.05) is 0 Å². The van der Waals surface area contributed by atoms with E-state index in [0.29, 0.717) is 18.4 Å². The summed E-state index contributed by atoms with van der Waals surface area (Å²) in [7, 11) is 0. The van der Waals surface area contributed by atoms with Crippen molar-refractivity contribution in [2.24, 2.45) is 23.5 Å². The lowest BCUT2D eigenvalue weighted by atomic mass is 9.85. The maximum Gasteiger partial charge on any atom is 0.0605 e. The highest BCUT2D eigenvalue weighted by atomic mass is 16.3. The van der Waals surface area contributed by atoms with Gasteiger partial charge in [0.05, 0.1) is 6.10 Å². The van der Waals surface area contributed by atoms with Crippen LogP contribution in [0.4, 0.5) is 0 Å². The first-order valence-electron chi connectivity index (χ1n) is 4.38. The summed E-state index contributed by atoms with van der Waals surface area (Å²) in [4.78, 5) is 0. The molecule has 0 aliphatic heterocycles. The molecule has 0 saturated heterocycles. The van der Waals surface area contributed by atoms with E-state index >= 15 is 0 Å². The fourth-order valence-corrected chi connectivity index (χ4v) is 1.30. The summed E-state index contributed by atoms with van der Waals surface area (Å²) in [6.07, 6.45) is -0.250. The van der Waals surface area contributed by atoms with Gasteiger partial charge in [-0.1, -0.05) is 27.7 Å². The van der Waals surface area contributed by atoms with Gasteiger partial charge in [-0.3, -0.25) is 0 Å². The highest BCUT2D eigenvalue weighted by Gasteiger charge is 2.23. The molecule has 0 aromatic heterocycles. The molecular weight excluding hydrogens is 138 g/mol. The summed E-state index contributed by atoms with van der Waals surface area (Å²) < 4.78 is 0. The molecule has 0 heterocycles. The zero-order valence-corrected chi connectivity index (χ0v) is 8.04. The summed E-state index contributed by atoms with van der Waals surface area (Å²) >= 11 is 0. The number of rotatable bonds is 4. The van der Waals surface area contributed by atoms with Crippen molar-refractivity contribution in [3.05, 3.63) is 0 Å². The average molecular weight is 159 g/mol. The predicted molar refractivity (Wildman–Crippen MR) is 48.2 cm³/mol. The van der Waals surface area contributed by atoms with E-state index in [1.807, 2.05) is 13.8 Å². The molecule has 0 fully saturated rings. The molecule has 0 radical (unpaired) electrons. The largest absolute Gasteiger partial charge is 0.393 e. The molecule has 2 nitrogen and oxygen atoms in total. The van der Waals surface area contributed by atoms with Gasteiger partial charge in [0.15, 0.2) is 0 Å². The summed E-state index contributed by atoms with van der Waals surface area (Å²) in [6, 6.07) is 0. The Hall–Kier alpha value is -0.0800. The van der Waals surface area contributed by atoms with Crippen molar-refractivity contribution in [2.45, 2.75) is 33.8 Å². The molecule has 2 atom stereocenters. The Morgan fingerprint density at radius 1 is 1.09 bits per heavy atom. The third kappa shape index (κ3) is 3.21. The van der Waals surface area contributed by atoms with Crippen LogP contribution in [0.25, 0.3) is 0 Å². The first-order valence-corrected chi connectivity index (χ1v) is 4.38. The van der Waals surface area contributed by atoms with Crippen LogP contribution in [0.2, 0.25) is 0 Å². The van der Waals surface area contributed by atoms with E-state index in [2.05, 4.69) is 13.8 Å². The van der Waals surface area contributed by atoms with Crippen LogP contribution in [0.1, 0.15) is 27.7 Å². The Morgan fingerprint density at radius 3 is 1.64 bits per heavy atom. The normalized spacial score (nSPS) is 17.5. The Bertz CT molecular complexity index is 102. The van der Waals surface area contributed by atoms with Gasteiger partial charge < -0.3 is 10.8 Å². The van der Waals surface area contributed by atoms with Crippen LogP contribution in [0.5, 0.6) is 0 Å². The summed E-state index contributed by atoms with van der Waals surface area (Å²) in [6.45, 7) is 8.83. The summed E-state index contributed by atoms with van der Waals surface area (Å²) in [5, 5.41) is 9.68. The zero-order chi connectivity index (χ0) is 9.02. The van der Waals surface area contributed by atoms with Crippen molar-refractivity contribution in [1.82, 2.24) is 0 Å². The molecule has 0 rings (SSSR count). The number of hydrogen-bond acceptors (Lipinski definition) is 2. The number of aliphatic hydroxyl groups is 1. The van der Waals surface area contributed by atoms with Crippen LogP contribution in [-0.2, 0) is 0 Å². The van der Waals surface area contributed by atoms with Gasteiger partial charge in [-0.15, -0.1) is 0 Å². The second-order valence-electron chi connectivity index (χ2n) is 3.88. The van der Waals surface area contributed by atoms with Crippen LogP contribution >= 0.6 is 0 Å². The van der Waals surface area contributed by atoms with E-state index in [0.717, 1.165) is 0 Å². The Labute approximate surface area is 69.8 Å². The topological polar surface area (TPSA) is 46.2 Å². The molecule has 2 unspecified atom stereocenters. The molecule has 0 aromatic carbocycles. The van der Waals surface area contributed by atoms with E-state index in [1.54, 1.807) is 0 Å². The first-order chi connectivity index (χ1) is 5.00. The molecule has 68 valence electrons. The van der Waals surface area contributed by atoms with E-state index in [-0.39, 0.29) is 12.0 Å². The van der Waals surface area contributed by atoms with E-state index < -0.39 is 0 Å². The van der Waals surface area contributed by atoms with Gasteiger partial charge in [-0.25, -0.2) is 0 Å². The van der Waals surface area contributed by atoms with Crippen molar-refractivity contribution in [2.75, 3.05) is 6.54 Å². The zero-order valence-electron chi connectivity index (χ0n) is 8.04. The van der Waals surface area contributed by atoms with Crippen molar-refractivity contribution >= 4 is 0 Å². The molecular formula is C9H21NO. The van der Waals surface area contributed by atoms with Gasteiger partial charge in [0.25, 0.3) is 0 Å². The predicted octanol–water partition coefficient (Wildman–Crippen LogP) is 1.23. The minimum absolute atomic E-state index is 0.245. The van der Waals surface area contributed by atoms with Crippen molar-refractivity contribution in [1.29, 1.82) is 0 Å². The lowest BCUT2D eigenvalue weighted by Gasteiger charge is -2.27. The van der Waals surface area contributed by atoms with Crippen LogP contribution < -0.4 is 5.73 Å². The van der Waals surface area contributed by atoms with Crippen molar-refractivity contribution < 1.29 is 5.11 Å². The second-order valence-corrected chi connectivity index (χ2v) is 3.88. The van der Waals surface area contributed by atoms with Crippen LogP contribution in [-0.4, -0.2) is 17.8 Å². The smallest absolute Gasteiger partial charge is 0.0605 e. The first kappa shape index (κ1) is 10.9. The third-order valence-electron chi connectivity index (χ3n) is 2.25. The Kier molecular flexibility index (Phi) is 4.69. The monoisotopic (exact) mass is 159 g/mol. The standard InChI is InChI=1S/C9H21NO/c1-6(2)8(5-10)9(11)7(3)4/h6-9,11H,5,10H2,1-4H3. The molecule has 0 aliphatic rings. The second kappa shape index (κ2) is 4.73. The Morgan fingerprint density at radius 2 is 1.55 bits per heavy atom. The van der Waals surface area contributed by atoms with Gasteiger partial charge in [-0.05, 0) is 24.3 Å². The van der Waals surface area contributed by atoms with E-state index in [1.165, 1.54) is 0 Å². The van der Waals surface area contributed by atoms with Gasteiger partial charge in [0.1, 0.15) is 0 Å². The number of hydrogen-bond donors (Lipinski definition) is 2. The lowest BCUT2D eigenvalue weighted by Crippen LogP contribution is -2.35. The molecule has 0 aliphatic carbocycles. The van der Waals surface area contributed by atoms with E-state index in [4.69, 9.17) is 5.73 Å². The molecule has 0 aromatic rings. The van der Waals surface area contributed by atoms with Crippen molar-refractivity contribution in [3.8, 4) is 0 Å². The average Bonchev–Trinajstić information content (AvgIpc) is 1.88. The number of nitrogens with two attached hydrogens (primary N) is 1. The Balaban J connectivity index is 4.02.